The van der Waals surface area contributed by atoms with Crippen LogP contribution in [0.4, 0.5) is 0 Å². The van der Waals surface area contributed by atoms with E-state index in [2.05, 4.69) is 24.0 Å². The number of carbonyl (C=O) groups is 1. The molecule has 5 heteroatoms. The molecule has 26 heavy (non-hydrogen) atoms. The Bertz CT molecular complexity index is 650. The first-order valence-electron chi connectivity index (χ1n) is 9.96. The zero-order valence-electron chi connectivity index (χ0n) is 16.2. The Balaban J connectivity index is 2.02. The molecule has 1 aromatic carbocycles. The van der Waals surface area contributed by atoms with E-state index >= 15 is 0 Å². The lowest BCUT2D eigenvalue weighted by Gasteiger charge is -2.51. The van der Waals surface area contributed by atoms with Gasteiger partial charge in [0.05, 0.1) is 19.1 Å². The third-order valence-electron chi connectivity index (χ3n) is 6.07. The van der Waals surface area contributed by atoms with Crippen molar-refractivity contribution in [3.8, 4) is 11.5 Å². The van der Waals surface area contributed by atoms with E-state index in [9.17, 15) is 9.90 Å². The predicted octanol–water partition coefficient (Wildman–Crippen LogP) is 3.83. The van der Waals surface area contributed by atoms with E-state index in [1.165, 1.54) is 11.1 Å². The molecule has 1 heterocycles. The molecule has 1 saturated carbocycles. The number of aliphatic carboxylic acids is 1. The van der Waals surface area contributed by atoms with Gasteiger partial charge in [0.1, 0.15) is 0 Å². The number of carboxylic acid groups (broad SMARTS) is 1. The summed E-state index contributed by atoms with van der Waals surface area (Å²) in [6.45, 7) is 9.39. The average Bonchev–Trinajstić information content (AvgIpc) is 2.64. The normalized spacial score (nSPS) is 25.7. The molecule has 1 fully saturated rings. The monoisotopic (exact) mass is 361 g/mol. The molecule has 5 nitrogen and oxygen atoms in total. The zero-order chi connectivity index (χ0) is 18.7. The number of hydrogen-bond acceptors (Lipinski definition) is 4. The second kappa shape index (κ2) is 7.87. The van der Waals surface area contributed by atoms with Gasteiger partial charge in [-0.1, -0.05) is 6.92 Å². The summed E-state index contributed by atoms with van der Waals surface area (Å²) in [5.41, 5.74) is 2.59. The summed E-state index contributed by atoms with van der Waals surface area (Å²) < 4.78 is 11.7. The molecule has 0 saturated heterocycles. The SMILES string of the molecule is CCOc1cc2c(cc1OCC)[C@]1(CC[C@H](C(=O)O)CC1)N(CC)CC2. The van der Waals surface area contributed by atoms with Gasteiger partial charge in [-0.3, -0.25) is 9.69 Å². The van der Waals surface area contributed by atoms with E-state index < -0.39 is 5.97 Å². The highest BCUT2D eigenvalue weighted by atomic mass is 16.5. The molecule has 0 bridgehead atoms. The number of hydrogen-bond donors (Lipinski definition) is 1. The van der Waals surface area contributed by atoms with Gasteiger partial charge in [-0.05, 0) is 75.8 Å². The summed E-state index contributed by atoms with van der Waals surface area (Å²) in [5, 5.41) is 9.40. The van der Waals surface area contributed by atoms with Crippen molar-refractivity contribution in [2.45, 2.75) is 58.4 Å². The van der Waals surface area contributed by atoms with Crippen LogP contribution in [0.3, 0.4) is 0 Å². The van der Waals surface area contributed by atoms with Gasteiger partial charge >= 0.3 is 5.97 Å². The summed E-state index contributed by atoms with van der Waals surface area (Å²) in [5.74, 6) is 0.776. The lowest BCUT2D eigenvalue weighted by Crippen LogP contribution is -2.52. The standard InChI is InChI=1S/C21H31NO4/c1-4-22-12-9-16-13-18(25-5-2)19(26-6-3)14-17(16)21(22)10-7-15(8-11-21)20(23)24/h13-15H,4-12H2,1-3H3,(H,23,24)/t15-,21+. The van der Waals surface area contributed by atoms with E-state index in [1.54, 1.807) is 0 Å². The molecule has 0 amide bonds. The molecular weight excluding hydrogens is 330 g/mol. The Morgan fingerprint density at radius 2 is 1.77 bits per heavy atom. The van der Waals surface area contributed by atoms with Crippen LogP contribution in [-0.2, 0) is 16.8 Å². The average molecular weight is 361 g/mol. The van der Waals surface area contributed by atoms with Crippen LogP contribution in [0, 0.1) is 5.92 Å². The molecule has 1 aliphatic heterocycles. The first-order chi connectivity index (χ1) is 12.6. The number of fused-ring (bicyclic) bond motifs is 2. The number of likely N-dealkylation sites (N-methyl/N-ethyl adjacent to an activating group) is 1. The van der Waals surface area contributed by atoms with Crippen LogP contribution in [0.1, 0.15) is 57.6 Å². The van der Waals surface area contributed by atoms with Crippen LogP contribution in [-0.4, -0.2) is 42.3 Å². The number of rotatable bonds is 6. The Morgan fingerprint density at radius 1 is 1.15 bits per heavy atom. The molecule has 1 spiro atoms. The minimum Gasteiger partial charge on any atom is -0.490 e. The minimum atomic E-state index is -0.652. The van der Waals surface area contributed by atoms with Gasteiger partial charge in [0.25, 0.3) is 0 Å². The molecule has 0 unspecified atom stereocenters. The van der Waals surface area contributed by atoms with Crippen LogP contribution in [0.25, 0.3) is 0 Å². The van der Waals surface area contributed by atoms with Crippen molar-refractivity contribution in [1.82, 2.24) is 4.90 Å². The Labute approximate surface area is 156 Å². The van der Waals surface area contributed by atoms with Gasteiger partial charge in [-0.2, -0.15) is 0 Å². The van der Waals surface area contributed by atoms with Crippen LogP contribution in [0.15, 0.2) is 12.1 Å². The fraction of sp³-hybridized carbons (Fsp3) is 0.667. The van der Waals surface area contributed by atoms with Gasteiger partial charge in [-0.15, -0.1) is 0 Å². The Morgan fingerprint density at radius 3 is 2.31 bits per heavy atom. The maximum Gasteiger partial charge on any atom is 0.306 e. The molecule has 144 valence electrons. The summed E-state index contributed by atoms with van der Waals surface area (Å²) in [6, 6.07) is 4.33. The third-order valence-corrected chi connectivity index (χ3v) is 6.07. The lowest BCUT2D eigenvalue weighted by molar-refractivity contribution is -0.144. The van der Waals surface area contributed by atoms with Gasteiger partial charge in [0, 0.05) is 12.1 Å². The largest absolute Gasteiger partial charge is 0.490 e. The zero-order valence-corrected chi connectivity index (χ0v) is 16.2. The maximum absolute atomic E-state index is 11.4. The highest BCUT2D eigenvalue weighted by molar-refractivity contribution is 5.70. The summed E-state index contributed by atoms with van der Waals surface area (Å²) >= 11 is 0. The Hall–Kier alpha value is -1.75. The third kappa shape index (κ3) is 3.29. The molecule has 0 radical (unpaired) electrons. The van der Waals surface area contributed by atoms with Gasteiger partial charge in [0.15, 0.2) is 11.5 Å². The van der Waals surface area contributed by atoms with E-state index in [0.717, 1.165) is 56.7 Å². The van der Waals surface area contributed by atoms with Crippen molar-refractivity contribution in [3.05, 3.63) is 23.3 Å². The van der Waals surface area contributed by atoms with Crippen LogP contribution < -0.4 is 9.47 Å². The quantitative estimate of drug-likeness (QED) is 0.834. The first kappa shape index (κ1) is 19.0. The van der Waals surface area contributed by atoms with Gasteiger partial charge < -0.3 is 14.6 Å². The van der Waals surface area contributed by atoms with Crippen LogP contribution >= 0.6 is 0 Å². The fourth-order valence-corrected chi connectivity index (χ4v) is 4.81. The number of nitrogens with zero attached hydrogens (tertiary/aromatic N) is 1. The molecule has 2 aliphatic rings. The van der Waals surface area contributed by atoms with Crippen LogP contribution in [0.5, 0.6) is 11.5 Å². The van der Waals surface area contributed by atoms with Gasteiger partial charge in [-0.25, -0.2) is 0 Å². The van der Waals surface area contributed by atoms with Crippen molar-refractivity contribution in [2.24, 2.45) is 5.92 Å². The van der Waals surface area contributed by atoms with E-state index in [4.69, 9.17) is 9.47 Å². The molecule has 0 atom stereocenters. The van der Waals surface area contributed by atoms with Crippen molar-refractivity contribution >= 4 is 5.97 Å². The molecule has 0 aromatic heterocycles. The highest BCUT2D eigenvalue weighted by Crippen LogP contribution is 2.49. The second-order valence-electron chi connectivity index (χ2n) is 7.30. The predicted molar refractivity (Wildman–Crippen MR) is 101 cm³/mol. The Kier molecular flexibility index (Phi) is 5.76. The van der Waals surface area contributed by atoms with Crippen LogP contribution in [0.2, 0.25) is 0 Å². The number of ether oxygens (including phenoxy) is 2. The molecular formula is C21H31NO4. The van der Waals surface area contributed by atoms with Crippen molar-refractivity contribution in [3.63, 3.8) is 0 Å². The smallest absolute Gasteiger partial charge is 0.306 e. The van der Waals surface area contributed by atoms with Gasteiger partial charge in [0.2, 0.25) is 0 Å². The first-order valence-corrected chi connectivity index (χ1v) is 9.96. The summed E-state index contributed by atoms with van der Waals surface area (Å²) in [4.78, 5) is 14.0. The van der Waals surface area contributed by atoms with E-state index in [0.29, 0.717) is 13.2 Å². The summed E-state index contributed by atoms with van der Waals surface area (Å²) in [7, 11) is 0. The fourth-order valence-electron chi connectivity index (χ4n) is 4.81. The second-order valence-corrected chi connectivity index (χ2v) is 7.30. The molecule has 1 N–H and O–H groups in total. The number of carboxylic acids is 1. The molecule has 1 aromatic rings. The van der Waals surface area contributed by atoms with Crippen molar-refractivity contribution in [1.29, 1.82) is 0 Å². The minimum absolute atomic E-state index is 0.0646. The highest BCUT2D eigenvalue weighted by Gasteiger charge is 2.46. The maximum atomic E-state index is 11.4. The van der Waals surface area contributed by atoms with E-state index in [-0.39, 0.29) is 11.5 Å². The van der Waals surface area contributed by atoms with Crippen molar-refractivity contribution in [2.75, 3.05) is 26.3 Å². The topological polar surface area (TPSA) is 59.0 Å². The molecule has 1 aliphatic carbocycles. The van der Waals surface area contributed by atoms with E-state index in [1.807, 2.05) is 13.8 Å². The van der Waals surface area contributed by atoms with Crippen molar-refractivity contribution < 1.29 is 19.4 Å². The summed E-state index contributed by atoms with van der Waals surface area (Å²) in [6.07, 6.45) is 4.26. The lowest BCUT2D eigenvalue weighted by atomic mass is 9.68. The number of benzene rings is 1. The molecule has 3 rings (SSSR count).